The average molecular weight is 371 g/mol. The Morgan fingerprint density at radius 2 is 1.38 bits per heavy atom. The molecule has 0 saturated heterocycles. The Morgan fingerprint density at radius 3 is 1.96 bits per heavy atom. The van der Waals surface area contributed by atoms with Gasteiger partial charge in [-0.1, -0.05) is 20.3 Å². The first-order valence-electron chi connectivity index (χ1n) is 9.53. The van der Waals surface area contributed by atoms with Crippen molar-refractivity contribution in [3.05, 3.63) is 11.3 Å². The molecule has 1 aliphatic rings. The zero-order chi connectivity index (χ0) is 19.2. The van der Waals surface area contributed by atoms with Crippen LogP contribution in [0.3, 0.4) is 0 Å². The molecule has 0 aliphatic carbocycles. The van der Waals surface area contributed by atoms with E-state index in [9.17, 15) is 9.59 Å². The number of imide groups is 1. The van der Waals surface area contributed by atoms with Crippen LogP contribution in [0.25, 0.3) is 0 Å². The van der Waals surface area contributed by atoms with Gasteiger partial charge in [-0.3, -0.25) is 14.5 Å². The van der Waals surface area contributed by atoms with Crippen LogP contribution < -0.4 is 0 Å². The highest BCUT2D eigenvalue weighted by molar-refractivity contribution is 6.18. The van der Waals surface area contributed by atoms with E-state index in [1.807, 2.05) is 6.92 Å². The van der Waals surface area contributed by atoms with Crippen molar-refractivity contribution < 1.29 is 28.5 Å². The van der Waals surface area contributed by atoms with Crippen molar-refractivity contribution in [2.75, 3.05) is 53.3 Å². The van der Waals surface area contributed by atoms with Gasteiger partial charge in [-0.15, -0.1) is 0 Å². The predicted molar refractivity (Wildman–Crippen MR) is 97.6 cm³/mol. The largest absolute Gasteiger partial charge is 0.491 e. The topological polar surface area (TPSA) is 74.3 Å². The van der Waals surface area contributed by atoms with E-state index in [4.69, 9.17) is 18.9 Å². The Bertz CT molecular complexity index is 463. The normalized spacial score (nSPS) is 14.7. The molecule has 0 aromatic carbocycles. The molecule has 0 aromatic heterocycles. The minimum atomic E-state index is -0.334. The van der Waals surface area contributed by atoms with Gasteiger partial charge in [0.15, 0.2) is 5.76 Å². The summed E-state index contributed by atoms with van der Waals surface area (Å²) in [5.74, 6) is -0.363. The number of ether oxygens (including phenoxy) is 4. The molecule has 26 heavy (non-hydrogen) atoms. The molecule has 0 bridgehead atoms. The van der Waals surface area contributed by atoms with Gasteiger partial charge in [0.05, 0.1) is 39.1 Å². The Hall–Kier alpha value is -1.44. The van der Waals surface area contributed by atoms with Crippen LogP contribution in [-0.2, 0) is 28.5 Å². The average Bonchev–Trinajstić information content (AvgIpc) is 2.87. The van der Waals surface area contributed by atoms with E-state index >= 15 is 0 Å². The van der Waals surface area contributed by atoms with Crippen molar-refractivity contribution in [3.63, 3.8) is 0 Å². The molecular formula is C19H33NO6. The third kappa shape index (κ3) is 7.43. The van der Waals surface area contributed by atoms with Gasteiger partial charge < -0.3 is 18.9 Å². The number of carbonyl (C=O) groups is 2. The quantitative estimate of drug-likeness (QED) is 0.306. The van der Waals surface area contributed by atoms with E-state index < -0.39 is 0 Å². The van der Waals surface area contributed by atoms with E-state index in [1.165, 1.54) is 12.0 Å². The maximum absolute atomic E-state index is 12.4. The van der Waals surface area contributed by atoms with Gasteiger partial charge in [-0.25, -0.2) is 0 Å². The van der Waals surface area contributed by atoms with Crippen molar-refractivity contribution >= 4 is 11.8 Å². The molecule has 7 nitrogen and oxygen atoms in total. The summed E-state index contributed by atoms with van der Waals surface area (Å²) >= 11 is 0. The molecular weight excluding hydrogens is 338 g/mol. The molecule has 0 atom stereocenters. The van der Waals surface area contributed by atoms with E-state index in [-0.39, 0.29) is 17.6 Å². The molecule has 0 aromatic rings. The summed E-state index contributed by atoms with van der Waals surface area (Å²) in [6.07, 6.45) is 4.00. The lowest BCUT2D eigenvalue weighted by atomic mass is 10.1. The molecule has 1 rings (SSSR count). The van der Waals surface area contributed by atoms with Crippen LogP contribution in [0, 0.1) is 0 Å². The van der Waals surface area contributed by atoms with Crippen molar-refractivity contribution in [1.82, 2.24) is 4.90 Å². The molecule has 0 saturated carbocycles. The second kappa shape index (κ2) is 13.7. The molecule has 0 unspecified atom stereocenters. The molecule has 7 heteroatoms. The first kappa shape index (κ1) is 22.6. The molecule has 0 radical (unpaired) electrons. The van der Waals surface area contributed by atoms with Crippen LogP contribution in [0.5, 0.6) is 0 Å². The third-order valence-corrected chi connectivity index (χ3v) is 3.96. The molecule has 0 N–H and O–H groups in total. The minimum absolute atomic E-state index is 0.197. The zero-order valence-electron chi connectivity index (χ0n) is 16.4. The van der Waals surface area contributed by atoms with Crippen molar-refractivity contribution in [3.8, 4) is 0 Å². The van der Waals surface area contributed by atoms with Crippen LogP contribution in [0.2, 0.25) is 0 Å². The van der Waals surface area contributed by atoms with Crippen LogP contribution >= 0.6 is 0 Å². The highest BCUT2D eigenvalue weighted by atomic mass is 16.5. The fourth-order valence-electron chi connectivity index (χ4n) is 2.60. The van der Waals surface area contributed by atoms with Gasteiger partial charge in [-0.05, 0) is 25.7 Å². The van der Waals surface area contributed by atoms with E-state index in [1.54, 1.807) is 0 Å². The van der Waals surface area contributed by atoms with E-state index in [2.05, 4.69) is 6.92 Å². The fraction of sp³-hybridized carbons (Fsp3) is 0.789. The molecule has 0 fully saturated rings. The smallest absolute Gasteiger partial charge is 0.296 e. The maximum atomic E-state index is 12.4. The minimum Gasteiger partial charge on any atom is -0.491 e. The summed E-state index contributed by atoms with van der Waals surface area (Å²) in [4.78, 5) is 25.9. The summed E-state index contributed by atoms with van der Waals surface area (Å²) in [7, 11) is 1.44. The van der Waals surface area contributed by atoms with E-state index in [0.717, 1.165) is 25.9 Å². The maximum Gasteiger partial charge on any atom is 0.296 e. The van der Waals surface area contributed by atoms with Gasteiger partial charge in [-0.2, -0.15) is 0 Å². The summed E-state index contributed by atoms with van der Waals surface area (Å²) in [6, 6.07) is 0. The summed E-state index contributed by atoms with van der Waals surface area (Å²) < 4.78 is 21.3. The molecule has 1 heterocycles. The molecule has 1 aliphatic heterocycles. The summed E-state index contributed by atoms with van der Waals surface area (Å²) in [6.45, 7) is 7.83. The molecule has 0 spiro atoms. The van der Waals surface area contributed by atoms with Crippen molar-refractivity contribution in [2.45, 2.75) is 46.0 Å². The van der Waals surface area contributed by atoms with Gasteiger partial charge in [0.25, 0.3) is 11.8 Å². The van der Waals surface area contributed by atoms with Crippen LogP contribution in [-0.4, -0.2) is 70.0 Å². The Morgan fingerprint density at radius 1 is 0.769 bits per heavy atom. The number of nitrogens with zero attached hydrogens (tertiary/aromatic N) is 1. The predicted octanol–water partition coefficient (Wildman–Crippen LogP) is 2.30. The highest BCUT2D eigenvalue weighted by Crippen LogP contribution is 2.25. The summed E-state index contributed by atoms with van der Waals surface area (Å²) in [5.41, 5.74) is 0.499. The number of hydrogen-bond acceptors (Lipinski definition) is 6. The highest BCUT2D eigenvalue weighted by Gasteiger charge is 2.38. The number of unbranched alkanes of at least 4 members (excludes halogenated alkanes) is 1. The first-order valence-corrected chi connectivity index (χ1v) is 9.53. The number of methoxy groups -OCH3 is 1. The second-order valence-corrected chi connectivity index (χ2v) is 6.07. The van der Waals surface area contributed by atoms with Gasteiger partial charge in [0, 0.05) is 19.8 Å². The standard InChI is InChI=1S/C19H33NO6/c1-4-6-8-16-17(23-3)19(22)20(18(16)21)9-7-11-25-13-15-26-14-12-24-10-5-2/h4-15H2,1-3H3. The van der Waals surface area contributed by atoms with Crippen molar-refractivity contribution in [1.29, 1.82) is 0 Å². The monoisotopic (exact) mass is 371 g/mol. The van der Waals surface area contributed by atoms with Crippen molar-refractivity contribution in [2.24, 2.45) is 0 Å². The third-order valence-electron chi connectivity index (χ3n) is 3.96. The lowest BCUT2D eigenvalue weighted by Crippen LogP contribution is -2.33. The fourth-order valence-corrected chi connectivity index (χ4v) is 2.60. The van der Waals surface area contributed by atoms with Gasteiger partial charge >= 0.3 is 0 Å². The first-order chi connectivity index (χ1) is 12.7. The van der Waals surface area contributed by atoms with Crippen LogP contribution in [0.4, 0.5) is 0 Å². The second-order valence-electron chi connectivity index (χ2n) is 6.07. The van der Waals surface area contributed by atoms with Gasteiger partial charge in [0.2, 0.25) is 0 Å². The number of amides is 2. The lowest BCUT2D eigenvalue weighted by Gasteiger charge is -2.14. The number of rotatable bonds is 16. The summed E-state index contributed by atoms with van der Waals surface area (Å²) in [5, 5.41) is 0. The number of hydrogen-bond donors (Lipinski definition) is 0. The lowest BCUT2D eigenvalue weighted by molar-refractivity contribution is -0.139. The Balaban J connectivity index is 2.16. The van der Waals surface area contributed by atoms with Gasteiger partial charge in [0.1, 0.15) is 0 Å². The zero-order valence-corrected chi connectivity index (χ0v) is 16.4. The molecule has 2 amide bonds. The van der Waals surface area contributed by atoms with Crippen LogP contribution in [0.1, 0.15) is 46.0 Å². The van der Waals surface area contributed by atoms with E-state index in [0.29, 0.717) is 58.0 Å². The Labute approximate surface area is 156 Å². The molecule has 150 valence electrons. The van der Waals surface area contributed by atoms with Crippen LogP contribution in [0.15, 0.2) is 11.3 Å². The SMILES string of the molecule is CCCCC1=C(OC)C(=O)N(CCCOCCOCCOCCC)C1=O. The Kier molecular flexibility index (Phi) is 11.9. The number of carbonyl (C=O) groups excluding carboxylic acids is 2.